The Hall–Kier alpha value is -1.42. The molecule has 1 amide bonds. The van der Waals surface area contributed by atoms with Crippen LogP contribution in [0.3, 0.4) is 0 Å². The monoisotopic (exact) mass is 179 g/mol. The highest BCUT2D eigenvalue weighted by atomic mass is 16.1. The molecular formula is C9H13N3O. The molecule has 0 unspecified atom stereocenters. The first-order valence-electron chi connectivity index (χ1n) is 4.10. The molecule has 0 atom stereocenters. The van der Waals surface area contributed by atoms with Gasteiger partial charge < -0.3 is 11.1 Å². The molecule has 3 N–H and O–H groups in total. The molecular weight excluding hydrogens is 166 g/mol. The van der Waals surface area contributed by atoms with E-state index >= 15 is 0 Å². The predicted octanol–water partition coefficient (Wildman–Crippen LogP) is -0.0351. The summed E-state index contributed by atoms with van der Waals surface area (Å²) in [7, 11) is 0. The zero-order valence-electron chi connectivity index (χ0n) is 7.58. The quantitative estimate of drug-likeness (QED) is 0.681. The largest absolute Gasteiger partial charge is 0.369 e. The van der Waals surface area contributed by atoms with Gasteiger partial charge in [-0.15, -0.1) is 0 Å². The van der Waals surface area contributed by atoms with Gasteiger partial charge in [-0.2, -0.15) is 0 Å². The lowest BCUT2D eigenvalue weighted by molar-refractivity contribution is -0.117. The van der Waals surface area contributed by atoms with Gasteiger partial charge in [0.15, 0.2) is 0 Å². The summed E-state index contributed by atoms with van der Waals surface area (Å²) in [6.07, 6.45) is 0. The topological polar surface area (TPSA) is 68.0 Å². The lowest BCUT2D eigenvalue weighted by atomic mass is 10.3. The number of primary amides is 1. The number of carbonyl (C=O) groups excluding carboxylic acids is 1. The molecule has 0 fully saturated rings. The molecule has 1 aromatic rings. The van der Waals surface area contributed by atoms with Gasteiger partial charge in [0, 0.05) is 12.2 Å². The van der Waals surface area contributed by atoms with Gasteiger partial charge in [0.1, 0.15) is 0 Å². The number of pyridine rings is 1. The maximum Gasteiger partial charge on any atom is 0.231 e. The van der Waals surface area contributed by atoms with Crippen LogP contribution in [0, 0.1) is 6.92 Å². The van der Waals surface area contributed by atoms with E-state index in [9.17, 15) is 4.79 Å². The van der Waals surface area contributed by atoms with Crippen LogP contribution in [0.25, 0.3) is 0 Å². The van der Waals surface area contributed by atoms with E-state index in [0.717, 1.165) is 11.4 Å². The minimum absolute atomic E-state index is 0.190. The van der Waals surface area contributed by atoms with Crippen molar-refractivity contribution in [1.82, 2.24) is 10.3 Å². The SMILES string of the molecule is Cc1cccc(CNCC(N)=O)n1. The van der Waals surface area contributed by atoms with Gasteiger partial charge in [0.2, 0.25) is 5.91 Å². The first kappa shape index (κ1) is 9.67. The average Bonchev–Trinajstić information content (AvgIpc) is 2.03. The molecule has 0 aliphatic rings. The van der Waals surface area contributed by atoms with Crippen molar-refractivity contribution in [3.63, 3.8) is 0 Å². The third-order valence-electron chi connectivity index (χ3n) is 1.55. The van der Waals surface area contributed by atoms with Crippen molar-refractivity contribution in [2.45, 2.75) is 13.5 Å². The highest BCUT2D eigenvalue weighted by molar-refractivity contribution is 5.75. The lowest BCUT2D eigenvalue weighted by Gasteiger charge is -2.01. The van der Waals surface area contributed by atoms with Gasteiger partial charge >= 0.3 is 0 Å². The summed E-state index contributed by atoms with van der Waals surface area (Å²) < 4.78 is 0. The zero-order valence-corrected chi connectivity index (χ0v) is 7.58. The summed E-state index contributed by atoms with van der Waals surface area (Å²) in [5.41, 5.74) is 6.85. The fourth-order valence-corrected chi connectivity index (χ4v) is 1.01. The van der Waals surface area contributed by atoms with Gasteiger partial charge in [-0.25, -0.2) is 0 Å². The number of hydrogen-bond acceptors (Lipinski definition) is 3. The Balaban J connectivity index is 2.41. The second kappa shape index (κ2) is 4.57. The van der Waals surface area contributed by atoms with E-state index in [4.69, 9.17) is 5.73 Å². The maximum atomic E-state index is 10.4. The number of aromatic nitrogens is 1. The number of amides is 1. The van der Waals surface area contributed by atoms with Crippen LogP contribution in [-0.2, 0) is 11.3 Å². The summed E-state index contributed by atoms with van der Waals surface area (Å²) in [5.74, 6) is -0.354. The standard InChI is InChI=1S/C9H13N3O/c1-7-3-2-4-8(12-7)5-11-6-9(10)13/h2-4,11H,5-6H2,1H3,(H2,10,13). The lowest BCUT2D eigenvalue weighted by Crippen LogP contribution is -2.28. The molecule has 0 aliphatic carbocycles. The molecule has 1 rings (SSSR count). The number of nitrogens with zero attached hydrogens (tertiary/aromatic N) is 1. The summed E-state index contributed by atoms with van der Waals surface area (Å²) in [6.45, 7) is 2.69. The van der Waals surface area contributed by atoms with E-state index in [1.54, 1.807) is 0 Å². The second-order valence-electron chi connectivity index (χ2n) is 2.84. The fraction of sp³-hybridized carbons (Fsp3) is 0.333. The third kappa shape index (κ3) is 3.66. The minimum Gasteiger partial charge on any atom is -0.369 e. The number of nitrogens with one attached hydrogen (secondary N) is 1. The minimum atomic E-state index is -0.354. The highest BCUT2D eigenvalue weighted by Gasteiger charge is 1.95. The number of carbonyl (C=O) groups is 1. The normalized spacial score (nSPS) is 9.92. The molecule has 0 saturated heterocycles. The highest BCUT2D eigenvalue weighted by Crippen LogP contribution is 1.96. The third-order valence-corrected chi connectivity index (χ3v) is 1.55. The van der Waals surface area contributed by atoms with Crippen LogP contribution in [0.4, 0.5) is 0 Å². The van der Waals surface area contributed by atoms with Crippen LogP contribution < -0.4 is 11.1 Å². The van der Waals surface area contributed by atoms with Crippen LogP contribution in [0.5, 0.6) is 0 Å². The van der Waals surface area contributed by atoms with Crippen molar-refractivity contribution in [3.05, 3.63) is 29.6 Å². The molecule has 4 heteroatoms. The van der Waals surface area contributed by atoms with Gasteiger partial charge in [0.25, 0.3) is 0 Å². The Labute approximate surface area is 77.2 Å². The molecule has 13 heavy (non-hydrogen) atoms. The summed E-state index contributed by atoms with van der Waals surface area (Å²) >= 11 is 0. The molecule has 1 aromatic heterocycles. The van der Waals surface area contributed by atoms with Crippen molar-refractivity contribution >= 4 is 5.91 Å². The molecule has 0 aliphatic heterocycles. The van der Waals surface area contributed by atoms with E-state index < -0.39 is 0 Å². The molecule has 1 heterocycles. The van der Waals surface area contributed by atoms with E-state index in [1.807, 2.05) is 25.1 Å². The van der Waals surface area contributed by atoms with Crippen LogP contribution in [-0.4, -0.2) is 17.4 Å². The first-order valence-corrected chi connectivity index (χ1v) is 4.10. The number of rotatable bonds is 4. The Bertz CT molecular complexity index is 299. The number of nitrogens with two attached hydrogens (primary N) is 1. The maximum absolute atomic E-state index is 10.4. The second-order valence-corrected chi connectivity index (χ2v) is 2.84. The summed E-state index contributed by atoms with van der Waals surface area (Å²) in [5, 5.41) is 2.89. The number of aryl methyl sites for hydroxylation is 1. The smallest absolute Gasteiger partial charge is 0.231 e. The molecule has 0 saturated carbocycles. The number of hydrogen-bond donors (Lipinski definition) is 2. The molecule has 0 aromatic carbocycles. The van der Waals surface area contributed by atoms with Gasteiger partial charge in [-0.05, 0) is 19.1 Å². The van der Waals surface area contributed by atoms with Crippen LogP contribution in [0.2, 0.25) is 0 Å². The van der Waals surface area contributed by atoms with Gasteiger partial charge in [-0.1, -0.05) is 6.07 Å². The summed E-state index contributed by atoms with van der Waals surface area (Å²) in [4.78, 5) is 14.7. The van der Waals surface area contributed by atoms with Crippen molar-refractivity contribution in [2.75, 3.05) is 6.54 Å². The van der Waals surface area contributed by atoms with Crippen molar-refractivity contribution in [3.8, 4) is 0 Å². The zero-order chi connectivity index (χ0) is 9.68. The summed E-state index contributed by atoms with van der Waals surface area (Å²) in [6, 6.07) is 5.77. The van der Waals surface area contributed by atoms with E-state index in [2.05, 4.69) is 10.3 Å². The van der Waals surface area contributed by atoms with E-state index in [0.29, 0.717) is 6.54 Å². The Morgan fingerprint density at radius 1 is 1.62 bits per heavy atom. The van der Waals surface area contributed by atoms with Crippen LogP contribution >= 0.6 is 0 Å². The van der Waals surface area contributed by atoms with Gasteiger partial charge in [-0.3, -0.25) is 9.78 Å². The van der Waals surface area contributed by atoms with Gasteiger partial charge in [0.05, 0.1) is 12.2 Å². The Morgan fingerprint density at radius 3 is 3.00 bits per heavy atom. The fourth-order valence-electron chi connectivity index (χ4n) is 1.01. The van der Waals surface area contributed by atoms with E-state index in [1.165, 1.54) is 0 Å². The predicted molar refractivity (Wildman–Crippen MR) is 49.9 cm³/mol. The van der Waals surface area contributed by atoms with Crippen LogP contribution in [0.15, 0.2) is 18.2 Å². The molecule has 70 valence electrons. The van der Waals surface area contributed by atoms with Crippen molar-refractivity contribution in [2.24, 2.45) is 5.73 Å². The molecule has 4 nitrogen and oxygen atoms in total. The molecule has 0 spiro atoms. The van der Waals surface area contributed by atoms with Crippen molar-refractivity contribution in [1.29, 1.82) is 0 Å². The van der Waals surface area contributed by atoms with E-state index in [-0.39, 0.29) is 12.5 Å². The average molecular weight is 179 g/mol. The molecule has 0 bridgehead atoms. The molecule has 0 radical (unpaired) electrons. The van der Waals surface area contributed by atoms with Crippen LogP contribution in [0.1, 0.15) is 11.4 Å². The van der Waals surface area contributed by atoms with Crippen molar-refractivity contribution < 1.29 is 4.79 Å². The Kier molecular flexibility index (Phi) is 3.40. The first-order chi connectivity index (χ1) is 6.18. The Morgan fingerprint density at radius 2 is 2.38 bits per heavy atom.